The summed E-state index contributed by atoms with van der Waals surface area (Å²) in [6, 6.07) is 5.22. The summed E-state index contributed by atoms with van der Waals surface area (Å²) < 4.78 is 47.2. The Bertz CT molecular complexity index is 1190. The number of halogens is 5. The van der Waals surface area contributed by atoms with Gasteiger partial charge in [-0.1, -0.05) is 23.2 Å². The first-order valence-electron chi connectivity index (χ1n) is 9.63. The van der Waals surface area contributed by atoms with E-state index >= 15 is 0 Å². The molecule has 0 unspecified atom stereocenters. The highest BCUT2D eigenvalue weighted by Gasteiger charge is 2.38. The smallest absolute Gasteiger partial charge is 0.436 e. The molecule has 32 heavy (non-hydrogen) atoms. The van der Waals surface area contributed by atoms with Crippen LogP contribution < -0.4 is 9.64 Å². The molecule has 3 aromatic rings. The third kappa shape index (κ3) is 3.93. The lowest BCUT2D eigenvalue weighted by Gasteiger charge is -2.27. The van der Waals surface area contributed by atoms with Gasteiger partial charge in [0, 0.05) is 12.6 Å². The zero-order valence-electron chi connectivity index (χ0n) is 17.1. The minimum Gasteiger partial charge on any atom is -0.495 e. The van der Waals surface area contributed by atoms with E-state index in [1.54, 1.807) is 29.1 Å². The highest BCUT2D eigenvalue weighted by molar-refractivity contribution is 6.32. The summed E-state index contributed by atoms with van der Waals surface area (Å²) in [5, 5.41) is 7.88. The molecule has 0 saturated heterocycles. The summed E-state index contributed by atoms with van der Waals surface area (Å²) >= 11 is 11.9. The van der Waals surface area contributed by atoms with Crippen molar-refractivity contribution in [3.05, 3.63) is 51.5 Å². The van der Waals surface area contributed by atoms with Crippen molar-refractivity contribution in [2.45, 2.75) is 32.5 Å². The van der Waals surface area contributed by atoms with Crippen molar-refractivity contribution in [3.63, 3.8) is 0 Å². The van der Waals surface area contributed by atoms with Gasteiger partial charge in [-0.3, -0.25) is 9.48 Å². The van der Waals surface area contributed by atoms with Crippen molar-refractivity contribution >= 4 is 34.8 Å². The van der Waals surface area contributed by atoms with E-state index in [4.69, 9.17) is 27.9 Å². The second-order valence-electron chi connectivity index (χ2n) is 7.26. The molecule has 0 aliphatic carbocycles. The molecule has 1 aromatic carbocycles. The van der Waals surface area contributed by atoms with E-state index < -0.39 is 22.8 Å². The lowest BCUT2D eigenvalue weighted by Crippen LogP contribution is -2.38. The van der Waals surface area contributed by atoms with E-state index in [0.717, 1.165) is 10.4 Å². The normalized spacial score (nSPS) is 13.9. The molecular formula is C20H18Cl2F3N5O2. The average molecular weight is 488 g/mol. The van der Waals surface area contributed by atoms with Gasteiger partial charge in [0.1, 0.15) is 12.3 Å². The quantitative estimate of drug-likeness (QED) is 0.535. The van der Waals surface area contributed by atoms with E-state index in [1.165, 1.54) is 18.9 Å². The fraction of sp³-hybridized carbons (Fsp3) is 0.350. The second-order valence-corrected chi connectivity index (χ2v) is 8.04. The zero-order chi connectivity index (χ0) is 23.2. The molecule has 3 heterocycles. The molecular weight excluding hydrogens is 470 g/mol. The van der Waals surface area contributed by atoms with E-state index in [-0.39, 0.29) is 12.2 Å². The van der Waals surface area contributed by atoms with Crippen LogP contribution in [0.2, 0.25) is 10.0 Å². The van der Waals surface area contributed by atoms with Gasteiger partial charge in [0.05, 0.1) is 46.1 Å². The Kier molecular flexibility index (Phi) is 5.85. The molecule has 2 aromatic heterocycles. The molecule has 12 heteroatoms. The summed E-state index contributed by atoms with van der Waals surface area (Å²) in [4.78, 5) is 14.5. The van der Waals surface area contributed by atoms with Gasteiger partial charge in [0.25, 0.3) is 0 Å². The van der Waals surface area contributed by atoms with Crippen molar-refractivity contribution in [1.29, 1.82) is 0 Å². The molecule has 1 aliphatic heterocycles. The minimum atomic E-state index is -4.70. The Morgan fingerprint density at radius 1 is 1.28 bits per heavy atom. The fourth-order valence-electron chi connectivity index (χ4n) is 3.68. The number of methoxy groups -OCH3 is 1. The Hall–Kier alpha value is -2.72. The van der Waals surface area contributed by atoms with E-state index in [0.29, 0.717) is 41.5 Å². The number of hydrogen-bond acceptors (Lipinski definition) is 4. The molecule has 0 atom stereocenters. The largest absolute Gasteiger partial charge is 0.495 e. The number of aromatic nitrogens is 4. The number of alkyl halides is 3. The van der Waals surface area contributed by atoms with Crippen LogP contribution in [0, 0.1) is 6.92 Å². The maximum atomic E-state index is 13.1. The number of rotatable bonds is 4. The van der Waals surface area contributed by atoms with Crippen LogP contribution in [0.15, 0.2) is 24.4 Å². The van der Waals surface area contributed by atoms with Crippen molar-refractivity contribution in [3.8, 4) is 11.4 Å². The number of carbonyl (C=O) groups is 1. The molecule has 0 fully saturated rings. The summed E-state index contributed by atoms with van der Waals surface area (Å²) in [7, 11) is 1.51. The molecule has 0 bridgehead atoms. The summed E-state index contributed by atoms with van der Waals surface area (Å²) in [5.74, 6) is 0.0823. The van der Waals surface area contributed by atoms with Crippen LogP contribution >= 0.6 is 23.2 Å². The third-order valence-electron chi connectivity index (χ3n) is 5.30. The Morgan fingerprint density at radius 2 is 2.03 bits per heavy atom. The maximum Gasteiger partial charge on any atom is 0.436 e. The Morgan fingerprint density at radius 3 is 2.69 bits per heavy atom. The zero-order valence-corrected chi connectivity index (χ0v) is 18.6. The lowest BCUT2D eigenvalue weighted by molar-refractivity contribution is -0.141. The number of benzene rings is 1. The average Bonchev–Trinajstić information content (AvgIpc) is 3.30. The van der Waals surface area contributed by atoms with Gasteiger partial charge in [-0.25, -0.2) is 4.68 Å². The number of amides is 1. The van der Waals surface area contributed by atoms with Crippen molar-refractivity contribution in [2.75, 3.05) is 18.6 Å². The molecule has 170 valence electrons. The summed E-state index contributed by atoms with van der Waals surface area (Å²) in [5.41, 5.74) is 0.996. The first kappa shape index (κ1) is 22.5. The van der Waals surface area contributed by atoms with E-state index in [1.807, 2.05) is 0 Å². The van der Waals surface area contributed by atoms with Crippen LogP contribution in [-0.4, -0.2) is 39.1 Å². The van der Waals surface area contributed by atoms with Crippen LogP contribution in [0.3, 0.4) is 0 Å². The van der Waals surface area contributed by atoms with E-state index in [9.17, 15) is 18.0 Å². The van der Waals surface area contributed by atoms with Gasteiger partial charge in [0.15, 0.2) is 5.69 Å². The molecule has 1 amide bonds. The predicted octanol–water partition coefficient (Wildman–Crippen LogP) is 4.69. The molecule has 7 nitrogen and oxygen atoms in total. The topological polar surface area (TPSA) is 65.2 Å². The molecule has 1 aliphatic rings. The highest BCUT2D eigenvalue weighted by Crippen LogP contribution is 2.36. The Balaban J connectivity index is 1.63. The van der Waals surface area contributed by atoms with Crippen LogP contribution in [-0.2, 0) is 23.9 Å². The van der Waals surface area contributed by atoms with E-state index in [2.05, 4.69) is 10.2 Å². The number of anilines is 1. The van der Waals surface area contributed by atoms with Crippen LogP contribution in [0.1, 0.15) is 23.5 Å². The third-order valence-corrected chi connectivity index (χ3v) is 6.06. The van der Waals surface area contributed by atoms with Crippen LogP contribution in [0.4, 0.5) is 18.9 Å². The highest BCUT2D eigenvalue weighted by atomic mass is 35.5. The number of fused-ring (bicyclic) bond motifs is 1. The van der Waals surface area contributed by atoms with Gasteiger partial charge in [-0.15, -0.1) is 0 Å². The SMILES string of the molecule is COc1cc(-n2ncc3c2CCCN3C(=O)Cn2nc(C(F)(F)F)c(Cl)c2C)ccc1Cl. The number of ether oxygens (including phenoxy) is 1. The van der Waals surface area contributed by atoms with Gasteiger partial charge in [0.2, 0.25) is 5.91 Å². The van der Waals surface area contributed by atoms with Gasteiger partial charge in [-0.05, 0) is 31.9 Å². The molecule has 0 radical (unpaired) electrons. The van der Waals surface area contributed by atoms with Crippen LogP contribution in [0.5, 0.6) is 5.75 Å². The number of hydrogen-bond donors (Lipinski definition) is 0. The molecule has 4 rings (SSSR count). The maximum absolute atomic E-state index is 13.1. The Labute approximate surface area is 191 Å². The molecule has 0 saturated carbocycles. The van der Waals surface area contributed by atoms with Gasteiger partial charge in [-0.2, -0.15) is 23.4 Å². The first-order valence-corrected chi connectivity index (χ1v) is 10.4. The number of nitrogens with zero attached hydrogens (tertiary/aromatic N) is 5. The van der Waals surface area contributed by atoms with Gasteiger partial charge < -0.3 is 9.64 Å². The fourth-order valence-corrected chi connectivity index (χ4v) is 4.12. The van der Waals surface area contributed by atoms with Crippen LogP contribution in [0.25, 0.3) is 5.69 Å². The minimum absolute atomic E-state index is 0.0773. The standard InChI is InChI=1S/C20H18Cl2F3N5O2/c1-11-18(22)19(20(23,24)25)27-29(11)10-17(31)28-7-3-4-14-15(28)9-26-30(14)12-5-6-13(21)16(8-12)32-2/h5-6,8-9H,3-4,7,10H2,1-2H3. The van der Waals surface area contributed by atoms with Crippen molar-refractivity contribution in [2.24, 2.45) is 0 Å². The number of carbonyl (C=O) groups excluding carboxylic acids is 1. The monoisotopic (exact) mass is 487 g/mol. The lowest BCUT2D eigenvalue weighted by atomic mass is 10.1. The summed E-state index contributed by atoms with van der Waals surface area (Å²) in [6.45, 7) is 1.44. The first-order chi connectivity index (χ1) is 15.1. The predicted molar refractivity (Wildman–Crippen MR) is 113 cm³/mol. The van der Waals surface area contributed by atoms with Gasteiger partial charge >= 0.3 is 6.18 Å². The summed E-state index contributed by atoms with van der Waals surface area (Å²) in [6.07, 6.45) is -1.79. The molecule has 0 N–H and O–H groups in total. The van der Waals surface area contributed by atoms with Crippen molar-refractivity contribution in [1.82, 2.24) is 19.6 Å². The molecule has 0 spiro atoms. The van der Waals surface area contributed by atoms with Crippen molar-refractivity contribution < 1.29 is 22.7 Å². The second kappa shape index (κ2) is 8.32.